The van der Waals surface area contributed by atoms with Crippen molar-refractivity contribution in [2.45, 2.75) is 49.9 Å². The van der Waals surface area contributed by atoms with Crippen molar-refractivity contribution in [1.29, 1.82) is 0 Å². The van der Waals surface area contributed by atoms with Crippen molar-refractivity contribution in [3.8, 4) is 0 Å². The number of carbonyl (C=O) groups is 2. The van der Waals surface area contributed by atoms with E-state index in [1.165, 1.54) is 4.90 Å². The molecule has 3 fully saturated rings. The number of alkyl halides is 1. The lowest BCUT2D eigenvalue weighted by molar-refractivity contribution is -0.153. The Labute approximate surface area is 136 Å². The maximum absolute atomic E-state index is 14.9. The first-order valence-corrected chi connectivity index (χ1v) is 8.56. The Morgan fingerprint density at radius 1 is 1.17 bits per heavy atom. The Bertz CT molecular complexity index is 498. The largest absolute Gasteiger partial charge is 0.332 e. The summed E-state index contributed by atoms with van der Waals surface area (Å²) in [5.74, 6) is -1.11. The molecule has 3 aliphatic rings. The van der Waals surface area contributed by atoms with Crippen molar-refractivity contribution in [3.63, 3.8) is 0 Å². The number of rotatable bonds is 1. The summed E-state index contributed by atoms with van der Waals surface area (Å²) in [6.45, 7) is 4.03. The third-order valence-electron chi connectivity index (χ3n) is 6.01. The van der Waals surface area contributed by atoms with Crippen LogP contribution in [0, 0.1) is 0 Å². The van der Waals surface area contributed by atoms with Gasteiger partial charge >= 0.3 is 11.8 Å². The molecule has 2 aliphatic heterocycles. The van der Waals surface area contributed by atoms with Crippen LogP contribution in [0.4, 0.5) is 4.39 Å². The van der Waals surface area contributed by atoms with Crippen LogP contribution < -0.4 is 5.73 Å². The second kappa shape index (κ2) is 5.70. The quantitative estimate of drug-likeness (QED) is 0.687. The van der Waals surface area contributed by atoms with Crippen molar-refractivity contribution < 1.29 is 14.0 Å². The lowest BCUT2D eigenvalue weighted by Crippen LogP contribution is -2.56. The summed E-state index contributed by atoms with van der Waals surface area (Å²) in [6, 6.07) is 0.270. The standard InChI is InChI=1S/C16H27FN4O2/c1-3-12-9-20(8-7-19(12)2)13(22)14(23)21-10-15(17)5-4-6-16(15,18)11-21/h12H,3-11,18H2,1-2H3/t12?,15-,16+/m1/s1. The van der Waals surface area contributed by atoms with E-state index in [1.54, 1.807) is 4.90 Å². The van der Waals surface area contributed by atoms with Crippen molar-refractivity contribution in [3.05, 3.63) is 0 Å². The van der Waals surface area contributed by atoms with Crippen molar-refractivity contribution in [1.82, 2.24) is 14.7 Å². The molecule has 0 aromatic carbocycles. The first kappa shape index (κ1) is 16.6. The molecule has 6 nitrogen and oxygen atoms in total. The molecule has 2 amide bonds. The zero-order chi connectivity index (χ0) is 16.8. The van der Waals surface area contributed by atoms with E-state index in [4.69, 9.17) is 5.73 Å². The predicted molar refractivity (Wildman–Crippen MR) is 84.5 cm³/mol. The number of halogens is 1. The minimum atomic E-state index is -1.53. The first-order valence-electron chi connectivity index (χ1n) is 8.56. The number of likely N-dealkylation sites (N-methyl/N-ethyl adjacent to an activating group) is 1. The average molecular weight is 326 g/mol. The maximum atomic E-state index is 14.9. The second-order valence-corrected chi connectivity index (χ2v) is 7.43. The Morgan fingerprint density at radius 2 is 1.87 bits per heavy atom. The van der Waals surface area contributed by atoms with E-state index in [0.29, 0.717) is 25.9 Å². The summed E-state index contributed by atoms with van der Waals surface area (Å²) in [6.07, 6.45) is 2.64. The highest BCUT2D eigenvalue weighted by atomic mass is 19.1. The molecule has 1 aliphatic carbocycles. The Morgan fingerprint density at radius 3 is 2.52 bits per heavy atom. The van der Waals surface area contributed by atoms with Gasteiger partial charge in [-0.2, -0.15) is 0 Å². The van der Waals surface area contributed by atoms with Gasteiger partial charge in [0.1, 0.15) is 5.67 Å². The highest BCUT2D eigenvalue weighted by Crippen LogP contribution is 2.46. The number of piperazine rings is 1. The van der Waals surface area contributed by atoms with Crippen LogP contribution in [-0.4, -0.2) is 83.5 Å². The number of fused-ring (bicyclic) bond motifs is 1. The number of likely N-dealkylation sites (tertiary alicyclic amines) is 1. The van der Waals surface area contributed by atoms with Gasteiger partial charge in [-0.3, -0.25) is 14.5 Å². The molecule has 1 saturated carbocycles. The van der Waals surface area contributed by atoms with Crippen LogP contribution in [0.15, 0.2) is 0 Å². The summed E-state index contributed by atoms with van der Waals surface area (Å²) in [7, 11) is 2.03. The van der Waals surface area contributed by atoms with E-state index in [9.17, 15) is 14.0 Å². The summed E-state index contributed by atoms with van der Waals surface area (Å²) in [5, 5.41) is 0. The van der Waals surface area contributed by atoms with Crippen molar-refractivity contribution >= 4 is 11.8 Å². The van der Waals surface area contributed by atoms with Crippen molar-refractivity contribution in [2.24, 2.45) is 5.73 Å². The Balaban J connectivity index is 1.66. The smallest absolute Gasteiger partial charge is 0.312 e. The molecule has 0 bridgehead atoms. The van der Waals surface area contributed by atoms with Gasteiger partial charge in [0.15, 0.2) is 0 Å². The van der Waals surface area contributed by atoms with Gasteiger partial charge in [-0.15, -0.1) is 0 Å². The minimum absolute atomic E-state index is 0.0426. The molecule has 0 aromatic heterocycles. The fourth-order valence-electron chi connectivity index (χ4n) is 4.30. The summed E-state index contributed by atoms with van der Waals surface area (Å²) < 4.78 is 14.9. The fourth-order valence-corrected chi connectivity index (χ4v) is 4.30. The van der Waals surface area contributed by atoms with Crippen LogP contribution in [-0.2, 0) is 9.59 Å². The normalized spacial score (nSPS) is 38.0. The number of nitrogens with two attached hydrogens (primary N) is 1. The van der Waals surface area contributed by atoms with Crippen LogP contribution in [0.5, 0.6) is 0 Å². The number of hydrogen-bond donors (Lipinski definition) is 1. The van der Waals surface area contributed by atoms with E-state index in [-0.39, 0.29) is 19.1 Å². The van der Waals surface area contributed by atoms with E-state index in [1.807, 2.05) is 7.05 Å². The van der Waals surface area contributed by atoms with E-state index in [0.717, 1.165) is 19.4 Å². The van der Waals surface area contributed by atoms with Gasteiger partial charge in [-0.05, 0) is 32.7 Å². The number of amides is 2. The minimum Gasteiger partial charge on any atom is -0.332 e. The average Bonchev–Trinajstić information content (AvgIpc) is 2.94. The molecule has 2 N–H and O–H groups in total. The molecule has 3 rings (SSSR count). The SMILES string of the molecule is CCC1CN(C(=O)C(=O)N2C[C@@]3(N)CCC[C@@]3(F)C2)CCN1C. The highest BCUT2D eigenvalue weighted by molar-refractivity contribution is 6.35. The summed E-state index contributed by atoms with van der Waals surface area (Å²) in [4.78, 5) is 30.2. The van der Waals surface area contributed by atoms with Gasteiger partial charge in [0, 0.05) is 32.2 Å². The fraction of sp³-hybridized carbons (Fsp3) is 0.875. The Kier molecular flexibility index (Phi) is 4.13. The first-order chi connectivity index (χ1) is 10.8. The van der Waals surface area contributed by atoms with Gasteiger partial charge in [0.2, 0.25) is 0 Å². The molecule has 2 saturated heterocycles. The van der Waals surface area contributed by atoms with Crippen LogP contribution in [0.25, 0.3) is 0 Å². The number of carbonyl (C=O) groups excluding carboxylic acids is 2. The lowest BCUT2D eigenvalue weighted by atomic mass is 9.89. The number of hydrogen-bond acceptors (Lipinski definition) is 4. The second-order valence-electron chi connectivity index (χ2n) is 7.43. The monoisotopic (exact) mass is 326 g/mol. The van der Waals surface area contributed by atoms with Crippen LogP contribution >= 0.6 is 0 Å². The van der Waals surface area contributed by atoms with E-state index >= 15 is 0 Å². The third-order valence-corrected chi connectivity index (χ3v) is 6.01. The van der Waals surface area contributed by atoms with Crippen LogP contribution in [0.2, 0.25) is 0 Å². The molecule has 23 heavy (non-hydrogen) atoms. The zero-order valence-electron chi connectivity index (χ0n) is 14.1. The third kappa shape index (κ3) is 2.63. The van der Waals surface area contributed by atoms with Gasteiger partial charge in [0.25, 0.3) is 0 Å². The van der Waals surface area contributed by atoms with Gasteiger partial charge in [0.05, 0.1) is 12.1 Å². The molecule has 130 valence electrons. The summed E-state index contributed by atoms with van der Waals surface area (Å²) in [5.41, 5.74) is 3.66. The molecule has 2 heterocycles. The van der Waals surface area contributed by atoms with E-state index in [2.05, 4.69) is 11.8 Å². The van der Waals surface area contributed by atoms with Gasteiger partial charge in [-0.1, -0.05) is 6.92 Å². The van der Waals surface area contributed by atoms with Crippen LogP contribution in [0.1, 0.15) is 32.6 Å². The predicted octanol–water partition coefficient (Wildman–Crippen LogP) is -0.0291. The summed E-state index contributed by atoms with van der Waals surface area (Å²) >= 11 is 0. The molecular formula is C16H27FN4O2. The molecule has 0 aromatic rings. The topological polar surface area (TPSA) is 69.9 Å². The van der Waals surface area contributed by atoms with Crippen LogP contribution in [0.3, 0.4) is 0 Å². The molecular weight excluding hydrogens is 299 g/mol. The molecule has 0 radical (unpaired) electrons. The lowest BCUT2D eigenvalue weighted by Gasteiger charge is -2.39. The van der Waals surface area contributed by atoms with Crippen molar-refractivity contribution in [2.75, 3.05) is 39.8 Å². The zero-order valence-corrected chi connectivity index (χ0v) is 14.1. The molecule has 1 unspecified atom stereocenters. The van der Waals surface area contributed by atoms with Gasteiger partial charge < -0.3 is 15.5 Å². The van der Waals surface area contributed by atoms with E-state index < -0.39 is 23.0 Å². The molecule has 0 spiro atoms. The highest BCUT2D eigenvalue weighted by Gasteiger charge is 2.61. The van der Waals surface area contributed by atoms with Gasteiger partial charge in [-0.25, -0.2) is 4.39 Å². The maximum Gasteiger partial charge on any atom is 0.312 e. The Hall–Kier alpha value is -1.21. The molecule has 7 heteroatoms. The molecule has 3 atom stereocenters. The number of nitrogens with zero attached hydrogens (tertiary/aromatic N) is 3.